The van der Waals surface area contributed by atoms with Crippen molar-refractivity contribution in [2.45, 2.75) is 20.0 Å². The summed E-state index contributed by atoms with van der Waals surface area (Å²) in [6.45, 7) is 2.90. The lowest BCUT2D eigenvalue weighted by atomic mass is 10.1. The highest BCUT2D eigenvalue weighted by Crippen LogP contribution is 2.19. The van der Waals surface area contributed by atoms with Crippen LogP contribution in [0.1, 0.15) is 16.8 Å². The van der Waals surface area contributed by atoms with Gasteiger partial charge in [-0.1, -0.05) is 30.3 Å². The fourth-order valence-corrected chi connectivity index (χ4v) is 2.10. The van der Waals surface area contributed by atoms with Crippen LogP contribution in [0.15, 0.2) is 42.6 Å². The zero-order chi connectivity index (χ0) is 13.7. The Hall–Kier alpha value is -1.87. The molecule has 19 heavy (non-hydrogen) atoms. The molecule has 2 aromatic rings. The summed E-state index contributed by atoms with van der Waals surface area (Å²) < 4.78 is 0. The Morgan fingerprint density at radius 2 is 1.95 bits per heavy atom. The molecule has 0 radical (unpaired) electrons. The van der Waals surface area contributed by atoms with Crippen LogP contribution in [0, 0.1) is 6.92 Å². The number of hydrogen-bond donors (Lipinski definition) is 1. The maximum Gasteiger partial charge on any atom is 0.0891 e. The molecule has 0 bridgehead atoms. The first-order valence-corrected chi connectivity index (χ1v) is 6.52. The van der Waals surface area contributed by atoms with Crippen molar-refractivity contribution in [3.05, 3.63) is 59.4 Å². The second-order valence-corrected chi connectivity index (χ2v) is 4.79. The third-order valence-corrected chi connectivity index (χ3v) is 3.22. The molecule has 3 nitrogen and oxygen atoms in total. The summed E-state index contributed by atoms with van der Waals surface area (Å²) in [5.41, 5.74) is 4.18. The average Bonchev–Trinajstić information content (AvgIpc) is 2.46. The molecule has 0 spiro atoms. The molecule has 0 aliphatic heterocycles. The lowest BCUT2D eigenvalue weighted by Gasteiger charge is -2.21. The molecule has 2 rings (SSSR count). The second kappa shape index (κ2) is 6.34. The van der Waals surface area contributed by atoms with Gasteiger partial charge in [0, 0.05) is 19.8 Å². The van der Waals surface area contributed by atoms with Crippen molar-refractivity contribution in [3.8, 4) is 0 Å². The Morgan fingerprint density at radius 3 is 2.63 bits per heavy atom. The van der Waals surface area contributed by atoms with Crippen LogP contribution in [0.5, 0.6) is 0 Å². The first-order valence-electron chi connectivity index (χ1n) is 6.52. The highest BCUT2D eigenvalue weighted by Gasteiger charge is 2.08. The molecule has 0 atom stereocenters. The monoisotopic (exact) mass is 256 g/mol. The number of pyridine rings is 1. The van der Waals surface area contributed by atoms with Gasteiger partial charge in [0.25, 0.3) is 0 Å². The Labute approximate surface area is 114 Å². The van der Waals surface area contributed by atoms with E-state index in [2.05, 4.69) is 40.2 Å². The lowest BCUT2D eigenvalue weighted by molar-refractivity contribution is 0.277. The molecule has 3 heteroatoms. The second-order valence-electron chi connectivity index (χ2n) is 4.79. The van der Waals surface area contributed by atoms with Gasteiger partial charge in [0.15, 0.2) is 0 Å². The number of aryl methyl sites for hydroxylation is 1. The number of benzene rings is 1. The summed E-state index contributed by atoms with van der Waals surface area (Å²) in [7, 11) is 2.04. The molecular formula is C16H20N2O. The van der Waals surface area contributed by atoms with Gasteiger partial charge in [-0.25, -0.2) is 0 Å². The van der Waals surface area contributed by atoms with E-state index in [0.29, 0.717) is 0 Å². The van der Waals surface area contributed by atoms with Crippen molar-refractivity contribution in [2.24, 2.45) is 0 Å². The summed E-state index contributed by atoms with van der Waals surface area (Å²) in [6, 6.07) is 12.5. The molecule has 0 amide bonds. The summed E-state index contributed by atoms with van der Waals surface area (Å²) in [5.74, 6) is 0. The van der Waals surface area contributed by atoms with Gasteiger partial charge in [-0.3, -0.25) is 4.98 Å². The molecule has 100 valence electrons. The SMILES string of the molecule is Cc1cnc(CO)c(N(C)CCc2ccccc2)c1. The van der Waals surface area contributed by atoms with Crippen LogP contribution in [0.2, 0.25) is 0 Å². The molecule has 1 aromatic carbocycles. The van der Waals surface area contributed by atoms with Crippen LogP contribution in [0.25, 0.3) is 0 Å². The molecule has 0 unspecified atom stereocenters. The standard InChI is InChI=1S/C16H20N2O/c1-13-10-16(15(12-19)17-11-13)18(2)9-8-14-6-4-3-5-7-14/h3-7,10-11,19H,8-9,12H2,1-2H3. The predicted octanol–water partition coefficient (Wildman–Crippen LogP) is 2.56. The number of likely N-dealkylation sites (N-methyl/N-ethyl adjacent to an activating group) is 1. The van der Waals surface area contributed by atoms with Gasteiger partial charge in [-0.15, -0.1) is 0 Å². The summed E-state index contributed by atoms with van der Waals surface area (Å²) in [6.07, 6.45) is 2.77. The molecule has 0 saturated heterocycles. The van der Waals surface area contributed by atoms with E-state index in [0.717, 1.165) is 29.9 Å². The van der Waals surface area contributed by atoms with E-state index in [4.69, 9.17) is 0 Å². The van der Waals surface area contributed by atoms with Gasteiger partial charge in [0.1, 0.15) is 0 Å². The van der Waals surface area contributed by atoms with E-state index in [9.17, 15) is 5.11 Å². The molecule has 1 heterocycles. The highest BCUT2D eigenvalue weighted by molar-refractivity contribution is 5.51. The maximum absolute atomic E-state index is 9.35. The van der Waals surface area contributed by atoms with Crippen molar-refractivity contribution in [1.29, 1.82) is 0 Å². The van der Waals surface area contributed by atoms with E-state index in [-0.39, 0.29) is 6.61 Å². The highest BCUT2D eigenvalue weighted by atomic mass is 16.3. The van der Waals surface area contributed by atoms with Crippen molar-refractivity contribution >= 4 is 5.69 Å². The van der Waals surface area contributed by atoms with Gasteiger partial charge in [0.2, 0.25) is 0 Å². The average molecular weight is 256 g/mol. The van der Waals surface area contributed by atoms with Crippen LogP contribution in [-0.4, -0.2) is 23.7 Å². The topological polar surface area (TPSA) is 36.4 Å². The third-order valence-electron chi connectivity index (χ3n) is 3.22. The lowest BCUT2D eigenvalue weighted by Crippen LogP contribution is -2.22. The number of nitrogens with zero attached hydrogens (tertiary/aromatic N) is 2. The fourth-order valence-electron chi connectivity index (χ4n) is 2.10. The Kier molecular flexibility index (Phi) is 4.53. The van der Waals surface area contributed by atoms with Gasteiger partial charge < -0.3 is 10.0 Å². The van der Waals surface area contributed by atoms with E-state index in [1.165, 1.54) is 5.56 Å². The first kappa shape index (κ1) is 13.6. The molecule has 0 saturated carbocycles. The zero-order valence-corrected chi connectivity index (χ0v) is 11.5. The van der Waals surface area contributed by atoms with E-state index < -0.39 is 0 Å². The number of hydrogen-bond acceptors (Lipinski definition) is 3. The number of rotatable bonds is 5. The Morgan fingerprint density at radius 1 is 1.21 bits per heavy atom. The molecular weight excluding hydrogens is 236 g/mol. The zero-order valence-electron chi connectivity index (χ0n) is 11.5. The molecule has 0 fully saturated rings. The van der Waals surface area contributed by atoms with Crippen LogP contribution in [0.3, 0.4) is 0 Å². The number of aliphatic hydroxyl groups is 1. The van der Waals surface area contributed by atoms with Crippen LogP contribution in [0.4, 0.5) is 5.69 Å². The largest absolute Gasteiger partial charge is 0.390 e. The van der Waals surface area contributed by atoms with Gasteiger partial charge in [0.05, 0.1) is 18.0 Å². The fraction of sp³-hybridized carbons (Fsp3) is 0.312. The number of aliphatic hydroxyl groups excluding tert-OH is 1. The number of aromatic nitrogens is 1. The molecule has 1 N–H and O–H groups in total. The maximum atomic E-state index is 9.35. The summed E-state index contributed by atoms with van der Waals surface area (Å²) in [5, 5.41) is 9.35. The first-order chi connectivity index (χ1) is 9.20. The smallest absolute Gasteiger partial charge is 0.0891 e. The van der Waals surface area contributed by atoms with Crippen molar-refractivity contribution < 1.29 is 5.11 Å². The third kappa shape index (κ3) is 3.55. The summed E-state index contributed by atoms with van der Waals surface area (Å²) in [4.78, 5) is 6.43. The van der Waals surface area contributed by atoms with Crippen molar-refractivity contribution in [2.75, 3.05) is 18.5 Å². The van der Waals surface area contributed by atoms with Crippen molar-refractivity contribution in [3.63, 3.8) is 0 Å². The van der Waals surface area contributed by atoms with E-state index in [1.807, 2.05) is 20.0 Å². The van der Waals surface area contributed by atoms with E-state index in [1.54, 1.807) is 6.20 Å². The molecule has 0 aliphatic carbocycles. The quantitative estimate of drug-likeness (QED) is 0.893. The molecule has 0 aliphatic rings. The minimum Gasteiger partial charge on any atom is -0.390 e. The van der Waals surface area contributed by atoms with Gasteiger partial charge >= 0.3 is 0 Å². The summed E-state index contributed by atoms with van der Waals surface area (Å²) >= 11 is 0. The Bertz CT molecular complexity index is 526. The Balaban J connectivity index is 2.07. The van der Waals surface area contributed by atoms with Gasteiger partial charge in [-0.2, -0.15) is 0 Å². The van der Waals surface area contributed by atoms with Crippen LogP contribution < -0.4 is 4.90 Å². The van der Waals surface area contributed by atoms with Gasteiger partial charge in [-0.05, 0) is 30.5 Å². The van der Waals surface area contributed by atoms with Crippen molar-refractivity contribution in [1.82, 2.24) is 4.98 Å². The van der Waals surface area contributed by atoms with Crippen LogP contribution in [-0.2, 0) is 13.0 Å². The predicted molar refractivity (Wildman–Crippen MR) is 78.3 cm³/mol. The minimum absolute atomic E-state index is 0.0225. The number of anilines is 1. The minimum atomic E-state index is -0.0225. The van der Waals surface area contributed by atoms with Crippen LogP contribution >= 0.6 is 0 Å². The van der Waals surface area contributed by atoms with E-state index >= 15 is 0 Å². The normalized spacial score (nSPS) is 10.5. The molecule has 1 aromatic heterocycles.